The van der Waals surface area contributed by atoms with E-state index in [1.54, 1.807) is 29.2 Å². The molecule has 1 saturated heterocycles. The van der Waals surface area contributed by atoms with E-state index in [2.05, 4.69) is 10.3 Å². The van der Waals surface area contributed by atoms with Gasteiger partial charge in [-0.05, 0) is 42.8 Å². The van der Waals surface area contributed by atoms with Crippen molar-refractivity contribution in [3.63, 3.8) is 0 Å². The number of carbonyl (C=O) groups is 3. The summed E-state index contributed by atoms with van der Waals surface area (Å²) in [5, 5.41) is 2.98. The first-order valence-electron chi connectivity index (χ1n) is 8.02. The summed E-state index contributed by atoms with van der Waals surface area (Å²) < 4.78 is 4.91. The molecule has 0 atom stereocenters. The van der Waals surface area contributed by atoms with Crippen LogP contribution in [0.4, 0.5) is 11.4 Å². The van der Waals surface area contributed by atoms with E-state index >= 15 is 0 Å². The van der Waals surface area contributed by atoms with Gasteiger partial charge in [-0.25, -0.2) is 9.78 Å². The van der Waals surface area contributed by atoms with Crippen LogP contribution in [0.3, 0.4) is 0 Å². The Morgan fingerprint density at radius 2 is 2.00 bits per heavy atom. The zero-order valence-electron chi connectivity index (χ0n) is 13.8. The van der Waals surface area contributed by atoms with Crippen molar-refractivity contribution >= 4 is 40.8 Å². The number of nitrogens with zero attached hydrogens (tertiary/aromatic N) is 2. The molecule has 2 aromatic rings. The quantitative estimate of drug-likeness (QED) is 0.814. The summed E-state index contributed by atoms with van der Waals surface area (Å²) in [4.78, 5) is 41.0. The van der Waals surface area contributed by atoms with Crippen LogP contribution in [0, 0.1) is 0 Å². The van der Waals surface area contributed by atoms with Crippen LogP contribution in [0.15, 0.2) is 42.6 Å². The molecule has 3 rings (SSSR count). The Balaban J connectivity index is 1.51. The van der Waals surface area contributed by atoms with Crippen LogP contribution >= 0.6 is 11.6 Å². The minimum absolute atomic E-state index is 0.0323. The van der Waals surface area contributed by atoms with Crippen molar-refractivity contribution in [2.45, 2.75) is 12.8 Å². The standard InChI is InChI=1S/C18H16ClN3O4/c19-12-7-8-20-15(10-12)18(25)26-11-16(23)21-13-3-5-14(6-4-13)22-9-1-2-17(22)24/h3-8,10H,1-2,9,11H2,(H,21,23). The molecule has 1 N–H and O–H groups in total. The second-order valence-electron chi connectivity index (χ2n) is 5.68. The van der Waals surface area contributed by atoms with Crippen LogP contribution in [0.5, 0.6) is 0 Å². The van der Waals surface area contributed by atoms with Gasteiger partial charge >= 0.3 is 5.97 Å². The SMILES string of the molecule is O=C(COC(=O)c1cc(Cl)ccn1)Nc1ccc(N2CCCC2=O)cc1. The van der Waals surface area contributed by atoms with Crippen molar-refractivity contribution < 1.29 is 19.1 Å². The number of esters is 1. The summed E-state index contributed by atoms with van der Waals surface area (Å²) in [5.74, 6) is -1.11. The third-order valence-corrected chi connectivity index (χ3v) is 4.04. The molecular formula is C18H16ClN3O4. The second kappa shape index (κ2) is 7.97. The average molecular weight is 374 g/mol. The van der Waals surface area contributed by atoms with Gasteiger partial charge in [0.25, 0.3) is 5.91 Å². The van der Waals surface area contributed by atoms with Crippen LogP contribution < -0.4 is 10.2 Å². The Morgan fingerprint density at radius 3 is 2.65 bits per heavy atom. The largest absolute Gasteiger partial charge is 0.451 e. The lowest BCUT2D eigenvalue weighted by Crippen LogP contribution is -2.24. The van der Waals surface area contributed by atoms with E-state index in [4.69, 9.17) is 16.3 Å². The predicted molar refractivity (Wildman–Crippen MR) is 96.2 cm³/mol. The van der Waals surface area contributed by atoms with E-state index in [0.29, 0.717) is 23.7 Å². The van der Waals surface area contributed by atoms with Crippen molar-refractivity contribution in [2.75, 3.05) is 23.4 Å². The lowest BCUT2D eigenvalue weighted by atomic mass is 10.2. The molecule has 1 aliphatic heterocycles. The van der Waals surface area contributed by atoms with Gasteiger partial charge in [0.05, 0.1) is 0 Å². The van der Waals surface area contributed by atoms with E-state index < -0.39 is 18.5 Å². The number of benzene rings is 1. The second-order valence-corrected chi connectivity index (χ2v) is 6.12. The number of nitrogens with one attached hydrogen (secondary N) is 1. The Bertz CT molecular complexity index is 839. The van der Waals surface area contributed by atoms with Crippen LogP contribution in [-0.4, -0.2) is 35.9 Å². The van der Waals surface area contributed by atoms with Gasteiger partial charge in [-0.15, -0.1) is 0 Å². The molecule has 2 heterocycles. The summed E-state index contributed by atoms with van der Waals surface area (Å²) in [6, 6.07) is 9.81. The van der Waals surface area contributed by atoms with E-state index in [9.17, 15) is 14.4 Å². The van der Waals surface area contributed by atoms with Gasteiger partial charge in [-0.3, -0.25) is 9.59 Å². The summed E-state index contributed by atoms with van der Waals surface area (Å²) in [6.45, 7) is 0.261. The maximum atomic E-state index is 11.9. The van der Waals surface area contributed by atoms with Crippen LogP contribution in [0.25, 0.3) is 0 Å². The van der Waals surface area contributed by atoms with Gasteiger partial charge in [0, 0.05) is 35.6 Å². The minimum atomic E-state index is -0.731. The minimum Gasteiger partial charge on any atom is -0.451 e. The molecule has 26 heavy (non-hydrogen) atoms. The van der Waals surface area contributed by atoms with Gasteiger partial charge in [0.1, 0.15) is 5.69 Å². The van der Waals surface area contributed by atoms with Crippen molar-refractivity contribution in [1.29, 1.82) is 0 Å². The third kappa shape index (κ3) is 4.37. The van der Waals surface area contributed by atoms with E-state index in [0.717, 1.165) is 12.1 Å². The Hall–Kier alpha value is -2.93. The van der Waals surface area contributed by atoms with Crippen LogP contribution in [0.2, 0.25) is 5.02 Å². The van der Waals surface area contributed by atoms with Gasteiger partial charge in [-0.2, -0.15) is 0 Å². The maximum Gasteiger partial charge on any atom is 0.357 e. The fourth-order valence-corrected chi connectivity index (χ4v) is 2.72. The monoisotopic (exact) mass is 373 g/mol. The molecule has 0 unspecified atom stereocenters. The normalized spacial score (nSPS) is 13.6. The molecule has 1 aromatic heterocycles. The number of anilines is 2. The highest BCUT2D eigenvalue weighted by molar-refractivity contribution is 6.30. The molecule has 2 amide bonds. The lowest BCUT2D eigenvalue weighted by molar-refractivity contribution is -0.119. The summed E-state index contributed by atoms with van der Waals surface area (Å²) in [5.41, 5.74) is 1.37. The van der Waals surface area contributed by atoms with Gasteiger partial charge in [-0.1, -0.05) is 11.6 Å². The van der Waals surface area contributed by atoms with Crippen molar-refractivity contribution in [3.05, 3.63) is 53.3 Å². The van der Waals surface area contributed by atoms with Gasteiger partial charge in [0.2, 0.25) is 5.91 Å². The number of halogens is 1. The van der Waals surface area contributed by atoms with E-state index in [1.165, 1.54) is 18.3 Å². The third-order valence-electron chi connectivity index (χ3n) is 3.80. The summed E-state index contributed by atoms with van der Waals surface area (Å²) in [6.07, 6.45) is 2.79. The Kier molecular flexibility index (Phi) is 5.48. The van der Waals surface area contributed by atoms with Crippen molar-refractivity contribution in [3.8, 4) is 0 Å². The van der Waals surface area contributed by atoms with Crippen molar-refractivity contribution in [1.82, 2.24) is 4.98 Å². The predicted octanol–water partition coefficient (Wildman–Crippen LogP) is 2.66. The smallest absolute Gasteiger partial charge is 0.357 e. The molecule has 134 valence electrons. The van der Waals surface area contributed by atoms with Gasteiger partial charge < -0.3 is 15.0 Å². The molecule has 0 bridgehead atoms. The molecule has 0 aliphatic carbocycles. The average Bonchev–Trinajstić information content (AvgIpc) is 3.06. The zero-order chi connectivity index (χ0) is 18.5. The molecular weight excluding hydrogens is 358 g/mol. The van der Waals surface area contributed by atoms with E-state index in [-0.39, 0.29) is 11.6 Å². The molecule has 1 aromatic carbocycles. The number of aromatic nitrogens is 1. The topological polar surface area (TPSA) is 88.6 Å². The number of hydrogen-bond donors (Lipinski definition) is 1. The Morgan fingerprint density at radius 1 is 1.23 bits per heavy atom. The maximum absolute atomic E-state index is 11.9. The Labute approximate surface area is 154 Å². The number of rotatable bonds is 5. The fourth-order valence-electron chi connectivity index (χ4n) is 2.56. The highest BCUT2D eigenvalue weighted by Gasteiger charge is 2.21. The number of amides is 2. The number of pyridine rings is 1. The number of carbonyl (C=O) groups excluding carboxylic acids is 3. The fraction of sp³-hybridized carbons (Fsp3) is 0.222. The number of ether oxygens (including phenoxy) is 1. The van der Waals surface area contributed by atoms with Crippen LogP contribution in [-0.2, 0) is 14.3 Å². The molecule has 0 saturated carbocycles. The van der Waals surface area contributed by atoms with Gasteiger partial charge in [0.15, 0.2) is 6.61 Å². The van der Waals surface area contributed by atoms with Crippen LogP contribution in [0.1, 0.15) is 23.3 Å². The highest BCUT2D eigenvalue weighted by atomic mass is 35.5. The highest BCUT2D eigenvalue weighted by Crippen LogP contribution is 2.23. The first kappa shape index (κ1) is 17.9. The first-order valence-corrected chi connectivity index (χ1v) is 8.40. The molecule has 8 heteroatoms. The first-order chi connectivity index (χ1) is 12.5. The number of hydrogen-bond acceptors (Lipinski definition) is 5. The zero-order valence-corrected chi connectivity index (χ0v) is 14.5. The molecule has 1 aliphatic rings. The molecule has 0 radical (unpaired) electrons. The van der Waals surface area contributed by atoms with E-state index in [1.807, 2.05) is 0 Å². The summed E-state index contributed by atoms with van der Waals surface area (Å²) in [7, 11) is 0. The lowest BCUT2D eigenvalue weighted by Gasteiger charge is -2.16. The molecule has 1 fully saturated rings. The summed E-state index contributed by atoms with van der Waals surface area (Å²) >= 11 is 5.78. The molecule has 7 nitrogen and oxygen atoms in total. The van der Waals surface area contributed by atoms with Crippen molar-refractivity contribution in [2.24, 2.45) is 0 Å². The molecule has 0 spiro atoms.